The summed E-state index contributed by atoms with van der Waals surface area (Å²) in [7, 11) is 1.74. The Morgan fingerprint density at radius 1 is 1.07 bits per heavy atom. The van der Waals surface area contributed by atoms with Crippen LogP contribution in [-0.2, 0) is 18.4 Å². The van der Waals surface area contributed by atoms with Crippen molar-refractivity contribution in [2.45, 2.75) is 13.5 Å². The van der Waals surface area contributed by atoms with Crippen LogP contribution in [0.25, 0.3) is 0 Å². The number of hydrogen-bond donors (Lipinski definition) is 0. The molecule has 0 unspecified atom stereocenters. The van der Waals surface area contributed by atoms with Crippen molar-refractivity contribution in [3.63, 3.8) is 0 Å². The van der Waals surface area contributed by atoms with Crippen molar-refractivity contribution in [2.75, 3.05) is 32.8 Å². The lowest BCUT2D eigenvalue weighted by Gasteiger charge is -2.34. The van der Waals surface area contributed by atoms with Gasteiger partial charge in [0.2, 0.25) is 0 Å². The Morgan fingerprint density at radius 3 is 2.33 bits per heavy atom. The first kappa shape index (κ1) is 18.6. The molecule has 27 heavy (non-hydrogen) atoms. The van der Waals surface area contributed by atoms with Crippen LogP contribution in [0.2, 0.25) is 0 Å². The third kappa shape index (κ3) is 4.52. The van der Waals surface area contributed by atoms with Gasteiger partial charge in [0, 0.05) is 38.8 Å². The molecular formula is C17H22N6O4. The molecular weight excluding hydrogens is 352 g/mol. The molecule has 144 valence electrons. The molecule has 1 aromatic carbocycles. The predicted molar refractivity (Wildman–Crippen MR) is 94.1 cm³/mol. The average molecular weight is 374 g/mol. The maximum atomic E-state index is 12.6. The average Bonchev–Trinajstić information content (AvgIpc) is 3.11. The van der Waals surface area contributed by atoms with Crippen LogP contribution in [0.15, 0.2) is 24.3 Å². The molecule has 10 nitrogen and oxygen atoms in total. The van der Waals surface area contributed by atoms with E-state index >= 15 is 0 Å². The van der Waals surface area contributed by atoms with E-state index in [4.69, 9.17) is 9.47 Å². The van der Waals surface area contributed by atoms with E-state index < -0.39 is 0 Å². The van der Waals surface area contributed by atoms with E-state index in [1.807, 2.05) is 0 Å². The van der Waals surface area contributed by atoms with Gasteiger partial charge in [-0.25, -0.2) is 9.48 Å². The highest BCUT2D eigenvalue weighted by Gasteiger charge is 2.25. The van der Waals surface area contributed by atoms with E-state index in [-0.39, 0.29) is 18.6 Å². The zero-order valence-corrected chi connectivity index (χ0v) is 15.4. The van der Waals surface area contributed by atoms with Gasteiger partial charge in [0.25, 0.3) is 5.91 Å². The number of ether oxygens (including phenoxy) is 2. The maximum Gasteiger partial charge on any atom is 0.409 e. The van der Waals surface area contributed by atoms with Gasteiger partial charge < -0.3 is 19.3 Å². The molecule has 2 aromatic rings. The van der Waals surface area contributed by atoms with Crippen molar-refractivity contribution < 1.29 is 19.1 Å². The lowest BCUT2D eigenvalue weighted by Crippen LogP contribution is -2.50. The number of nitrogens with zero attached hydrogens (tertiary/aromatic N) is 6. The number of piperazine rings is 1. The van der Waals surface area contributed by atoms with Crippen LogP contribution in [0.5, 0.6) is 5.75 Å². The number of amides is 2. The Bertz CT molecular complexity index is 783. The minimum atomic E-state index is -0.329. The first-order chi connectivity index (χ1) is 13.1. The predicted octanol–water partition coefficient (Wildman–Crippen LogP) is 0.703. The molecule has 1 aliphatic heterocycles. The smallest absolute Gasteiger partial charge is 0.409 e. The van der Waals surface area contributed by atoms with Crippen molar-refractivity contribution in [3.8, 4) is 5.75 Å². The second-order valence-electron chi connectivity index (χ2n) is 6.01. The van der Waals surface area contributed by atoms with Crippen molar-refractivity contribution in [1.82, 2.24) is 30.0 Å². The summed E-state index contributed by atoms with van der Waals surface area (Å²) in [4.78, 5) is 27.7. The summed E-state index contributed by atoms with van der Waals surface area (Å²) < 4.78 is 12.2. The first-order valence-corrected chi connectivity index (χ1v) is 8.73. The van der Waals surface area contributed by atoms with Crippen molar-refractivity contribution >= 4 is 12.0 Å². The zero-order valence-electron chi connectivity index (χ0n) is 15.4. The van der Waals surface area contributed by atoms with Gasteiger partial charge >= 0.3 is 6.09 Å². The van der Waals surface area contributed by atoms with Crippen LogP contribution >= 0.6 is 0 Å². The van der Waals surface area contributed by atoms with E-state index in [0.717, 1.165) is 0 Å². The van der Waals surface area contributed by atoms with Crippen LogP contribution in [-0.4, -0.2) is 74.8 Å². The summed E-state index contributed by atoms with van der Waals surface area (Å²) in [5.74, 6) is 1.17. The maximum absolute atomic E-state index is 12.6. The fourth-order valence-electron chi connectivity index (χ4n) is 2.70. The largest absolute Gasteiger partial charge is 0.486 e. The molecule has 1 aliphatic rings. The molecule has 10 heteroatoms. The Balaban J connectivity index is 1.52. The third-order valence-electron chi connectivity index (χ3n) is 4.27. The second kappa shape index (κ2) is 8.47. The summed E-state index contributed by atoms with van der Waals surface area (Å²) in [5, 5.41) is 11.1. The topological polar surface area (TPSA) is 103 Å². The fourth-order valence-corrected chi connectivity index (χ4v) is 2.70. The number of benzene rings is 1. The molecule has 0 radical (unpaired) electrons. The van der Waals surface area contributed by atoms with Crippen LogP contribution in [0, 0.1) is 0 Å². The highest BCUT2D eigenvalue weighted by molar-refractivity contribution is 5.94. The Labute approximate surface area is 156 Å². The lowest BCUT2D eigenvalue weighted by molar-refractivity contribution is 0.0570. The minimum Gasteiger partial charge on any atom is -0.486 e. The van der Waals surface area contributed by atoms with Crippen LogP contribution in [0.4, 0.5) is 4.79 Å². The summed E-state index contributed by atoms with van der Waals surface area (Å²) in [6, 6.07) is 6.94. The quantitative estimate of drug-likeness (QED) is 0.759. The van der Waals surface area contributed by atoms with E-state index in [1.54, 1.807) is 48.0 Å². The Morgan fingerprint density at radius 2 is 1.74 bits per heavy atom. The molecule has 0 aliphatic carbocycles. The van der Waals surface area contributed by atoms with Gasteiger partial charge in [0.15, 0.2) is 5.82 Å². The third-order valence-corrected chi connectivity index (χ3v) is 4.27. The van der Waals surface area contributed by atoms with Gasteiger partial charge in [0.1, 0.15) is 12.4 Å². The Hall–Kier alpha value is -3.17. The molecule has 0 N–H and O–H groups in total. The Kier molecular flexibility index (Phi) is 5.84. The van der Waals surface area contributed by atoms with Crippen molar-refractivity contribution in [3.05, 3.63) is 35.7 Å². The van der Waals surface area contributed by atoms with E-state index in [9.17, 15) is 9.59 Å². The van der Waals surface area contributed by atoms with Gasteiger partial charge in [-0.05, 0) is 41.6 Å². The number of rotatable bonds is 5. The standard InChI is InChI=1S/C17H22N6O4/c1-3-26-17(25)23-10-8-22(9-11-23)16(24)13-4-6-14(7-5-13)27-12-15-18-19-20-21(15)2/h4-7H,3,8-12H2,1-2H3. The summed E-state index contributed by atoms with van der Waals surface area (Å²) in [6.45, 7) is 4.26. The van der Waals surface area contributed by atoms with Crippen LogP contribution in [0.3, 0.4) is 0 Å². The molecule has 1 fully saturated rings. The number of carbonyl (C=O) groups excluding carboxylic acids is 2. The lowest BCUT2D eigenvalue weighted by atomic mass is 10.1. The van der Waals surface area contributed by atoms with E-state index in [1.165, 1.54) is 4.68 Å². The molecule has 0 bridgehead atoms. The first-order valence-electron chi connectivity index (χ1n) is 8.73. The molecule has 2 heterocycles. The summed E-state index contributed by atoms with van der Waals surface area (Å²) >= 11 is 0. The van der Waals surface area contributed by atoms with Gasteiger partial charge in [0.05, 0.1) is 6.61 Å². The minimum absolute atomic E-state index is 0.0671. The highest BCUT2D eigenvalue weighted by Crippen LogP contribution is 2.16. The van der Waals surface area contributed by atoms with Crippen LogP contribution in [0.1, 0.15) is 23.1 Å². The summed E-state index contributed by atoms with van der Waals surface area (Å²) in [5.41, 5.74) is 0.576. The normalized spacial score (nSPS) is 14.1. The second-order valence-corrected chi connectivity index (χ2v) is 6.01. The van der Waals surface area contributed by atoms with Crippen molar-refractivity contribution in [1.29, 1.82) is 0 Å². The van der Waals surface area contributed by atoms with Gasteiger partial charge in [-0.3, -0.25) is 4.79 Å². The molecule has 0 atom stereocenters. The molecule has 2 amide bonds. The number of aromatic nitrogens is 4. The van der Waals surface area contributed by atoms with Gasteiger partial charge in [-0.2, -0.15) is 0 Å². The van der Waals surface area contributed by atoms with Gasteiger partial charge in [-0.15, -0.1) is 5.10 Å². The fraction of sp³-hybridized carbons (Fsp3) is 0.471. The monoisotopic (exact) mass is 374 g/mol. The number of tetrazole rings is 1. The molecule has 0 saturated carbocycles. The number of carbonyl (C=O) groups is 2. The van der Waals surface area contributed by atoms with Crippen LogP contribution < -0.4 is 4.74 Å². The number of aryl methyl sites for hydroxylation is 1. The highest BCUT2D eigenvalue weighted by atomic mass is 16.6. The zero-order chi connectivity index (χ0) is 19.2. The van der Waals surface area contributed by atoms with E-state index in [0.29, 0.717) is 49.9 Å². The van der Waals surface area contributed by atoms with E-state index in [2.05, 4.69) is 15.5 Å². The molecule has 1 saturated heterocycles. The SMILES string of the molecule is CCOC(=O)N1CCN(C(=O)c2ccc(OCc3nnnn3C)cc2)CC1. The molecule has 1 aromatic heterocycles. The number of hydrogen-bond acceptors (Lipinski definition) is 7. The van der Waals surface area contributed by atoms with Gasteiger partial charge in [-0.1, -0.05) is 0 Å². The molecule has 0 spiro atoms. The summed E-state index contributed by atoms with van der Waals surface area (Å²) in [6.07, 6.45) is -0.329. The van der Waals surface area contributed by atoms with Crippen molar-refractivity contribution in [2.24, 2.45) is 7.05 Å². The molecule has 3 rings (SSSR count).